The summed E-state index contributed by atoms with van der Waals surface area (Å²) >= 11 is 0. The van der Waals surface area contributed by atoms with Crippen molar-refractivity contribution in [1.82, 2.24) is 9.97 Å². The topological polar surface area (TPSA) is 49.8 Å². The first-order valence-corrected chi connectivity index (χ1v) is 6.87. The second-order valence-corrected chi connectivity index (χ2v) is 5.13. The maximum Gasteiger partial charge on any atom is 0.134 e. The van der Waals surface area contributed by atoms with E-state index < -0.39 is 0 Å². The van der Waals surface area contributed by atoms with Crippen LogP contribution in [0.25, 0.3) is 0 Å². The number of aryl methyl sites for hydroxylation is 1. The molecule has 4 heteroatoms. The van der Waals surface area contributed by atoms with Gasteiger partial charge in [-0.2, -0.15) is 0 Å². The van der Waals surface area contributed by atoms with E-state index in [1.54, 1.807) is 0 Å². The van der Waals surface area contributed by atoms with E-state index in [1.807, 2.05) is 6.92 Å². The molecule has 2 N–H and O–H groups in total. The van der Waals surface area contributed by atoms with Gasteiger partial charge in [0.1, 0.15) is 17.5 Å². The molecule has 0 aliphatic carbocycles. The number of aromatic nitrogens is 2. The maximum absolute atomic E-state index is 4.48. The van der Waals surface area contributed by atoms with Crippen molar-refractivity contribution in [2.24, 2.45) is 5.92 Å². The molecule has 0 aliphatic rings. The minimum atomic E-state index is 0.707. The molecule has 18 heavy (non-hydrogen) atoms. The van der Waals surface area contributed by atoms with Gasteiger partial charge in [-0.3, -0.25) is 0 Å². The summed E-state index contributed by atoms with van der Waals surface area (Å²) in [5.74, 6) is 3.43. The first kappa shape index (κ1) is 14.7. The fourth-order valence-electron chi connectivity index (χ4n) is 1.70. The van der Waals surface area contributed by atoms with Crippen LogP contribution in [0.2, 0.25) is 0 Å². The van der Waals surface area contributed by atoms with Gasteiger partial charge in [-0.25, -0.2) is 9.97 Å². The molecule has 0 atom stereocenters. The molecule has 0 unspecified atom stereocenters. The summed E-state index contributed by atoms with van der Waals surface area (Å²) in [7, 11) is 0. The van der Waals surface area contributed by atoms with E-state index in [-0.39, 0.29) is 0 Å². The Balaban J connectivity index is 2.74. The zero-order valence-corrected chi connectivity index (χ0v) is 12.3. The number of hydrogen-bond donors (Lipinski definition) is 2. The van der Waals surface area contributed by atoms with Crippen molar-refractivity contribution in [1.29, 1.82) is 0 Å². The van der Waals surface area contributed by atoms with Crippen LogP contribution in [-0.4, -0.2) is 23.1 Å². The van der Waals surface area contributed by atoms with Crippen LogP contribution >= 0.6 is 0 Å². The van der Waals surface area contributed by atoms with Crippen molar-refractivity contribution >= 4 is 11.6 Å². The SMILES string of the molecule is CCCNc1nc(C)nc(NCCC(C)C)c1C. The van der Waals surface area contributed by atoms with Crippen LogP contribution in [0.1, 0.15) is 45.0 Å². The molecular weight excluding hydrogens is 224 g/mol. The highest BCUT2D eigenvalue weighted by Gasteiger charge is 2.08. The van der Waals surface area contributed by atoms with Crippen molar-refractivity contribution in [2.75, 3.05) is 23.7 Å². The van der Waals surface area contributed by atoms with Crippen molar-refractivity contribution in [3.63, 3.8) is 0 Å². The lowest BCUT2D eigenvalue weighted by molar-refractivity contribution is 0.606. The Labute approximate surface area is 111 Å². The van der Waals surface area contributed by atoms with Gasteiger partial charge in [-0.05, 0) is 32.6 Å². The van der Waals surface area contributed by atoms with Crippen molar-refractivity contribution in [3.05, 3.63) is 11.4 Å². The highest BCUT2D eigenvalue weighted by atomic mass is 15.1. The Kier molecular flexibility index (Phi) is 5.89. The van der Waals surface area contributed by atoms with Gasteiger partial charge in [-0.1, -0.05) is 20.8 Å². The van der Waals surface area contributed by atoms with Gasteiger partial charge < -0.3 is 10.6 Å². The fraction of sp³-hybridized carbons (Fsp3) is 0.714. The van der Waals surface area contributed by atoms with Crippen LogP contribution in [0.3, 0.4) is 0 Å². The Hall–Kier alpha value is -1.32. The molecule has 102 valence electrons. The van der Waals surface area contributed by atoms with Gasteiger partial charge in [0.2, 0.25) is 0 Å². The fourth-order valence-corrected chi connectivity index (χ4v) is 1.70. The molecule has 1 rings (SSSR count). The van der Waals surface area contributed by atoms with Gasteiger partial charge >= 0.3 is 0 Å². The maximum atomic E-state index is 4.48. The molecule has 0 aliphatic heterocycles. The number of anilines is 2. The third-order valence-corrected chi connectivity index (χ3v) is 2.81. The van der Waals surface area contributed by atoms with Crippen LogP contribution in [0.4, 0.5) is 11.6 Å². The first-order valence-electron chi connectivity index (χ1n) is 6.87. The van der Waals surface area contributed by atoms with Crippen LogP contribution < -0.4 is 10.6 Å². The summed E-state index contributed by atoms with van der Waals surface area (Å²) in [5.41, 5.74) is 1.11. The van der Waals surface area contributed by atoms with Crippen LogP contribution in [-0.2, 0) is 0 Å². The minimum absolute atomic E-state index is 0.707. The smallest absolute Gasteiger partial charge is 0.134 e. The third kappa shape index (κ3) is 4.51. The molecule has 0 amide bonds. The average Bonchev–Trinajstić information content (AvgIpc) is 2.30. The largest absolute Gasteiger partial charge is 0.370 e. The summed E-state index contributed by atoms with van der Waals surface area (Å²) in [6.45, 7) is 12.5. The van der Waals surface area contributed by atoms with Gasteiger partial charge in [-0.15, -0.1) is 0 Å². The minimum Gasteiger partial charge on any atom is -0.370 e. The molecule has 0 saturated heterocycles. The lowest BCUT2D eigenvalue weighted by Crippen LogP contribution is -2.12. The standard InChI is InChI=1S/C14H26N4/c1-6-8-15-13-11(4)14(18-12(5)17-13)16-9-7-10(2)3/h10H,6-9H2,1-5H3,(H2,15,16,17,18). The lowest BCUT2D eigenvalue weighted by Gasteiger charge is -2.14. The van der Waals surface area contributed by atoms with Crippen molar-refractivity contribution in [2.45, 2.75) is 47.5 Å². The molecule has 0 bridgehead atoms. The van der Waals surface area contributed by atoms with Crippen molar-refractivity contribution in [3.8, 4) is 0 Å². The van der Waals surface area contributed by atoms with Gasteiger partial charge in [0.15, 0.2) is 0 Å². The van der Waals surface area contributed by atoms with E-state index in [9.17, 15) is 0 Å². The second kappa shape index (κ2) is 7.19. The molecule has 4 nitrogen and oxygen atoms in total. The summed E-state index contributed by atoms with van der Waals surface area (Å²) in [6, 6.07) is 0. The Morgan fingerprint density at radius 3 is 2.06 bits per heavy atom. The number of nitrogens with one attached hydrogen (secondary N) is 2. The highest BCUT2D eigenvalue weighted by Crippen LogP contribution is 2.20. The van der Waals surface area contributed by atoms with E-state index in [0.29, 0.717) is 5.92 Å². The normalized spacial score (nSPS) is 10.8. The number of hydrogen-bond acceptors (Lipinski definition) is 4. The molecule has 0 aromatic carbocycles. The molecular formula is C14H26N4. The molecule has 0 spiro atoms. The van der Waals surface area contributed by atoms with E-state index in [0.717, 1.165) is 49.0 Å². The third-order valence-electron chi connectivity index (χ3n) is 2.81. The van der Waals surface area contributed by atoms with Crippen LogP contribution in [0.15, 0.2) is 0 Å². The summed E-state index contributed by atoms with van der Waals surface area (Å²) in [6.07, 6.45) is 2.25. The van der Waals surface area contributed by atoms with Crippen LogP contribution in [0, 0.1) is 19.8 Å². The van der Waals surface area contributed by atoms with Gasteiger partial charge in [0.05, 0.1) is 0 Å². The van der Waals surface area contributed by atoms with E-state index in [2.05, 4.69) is 48.3 Å². The quantitative estimate of drug-likeness (QED) is 0.779. The summed E-state index contributed by atoms with van der Waals surface area (Å²) in [4.78, 5) is 8.93. The Bertz CT molecular complexity index is 374. The molecule has 1 aromatic heterocycles. The monoisotopic (exact) mass is 250 g/mol. The number of nitrogens with zero attached hydrogens (tertiary/aromatic N) is 2. The summed E-state index contributed by atoms with van der Waals surface area (Å²) in [5, 5.41) is 6.76. The molecule has 1 aromatic rings. The van der Waals surface area contributed by atoms with Crippen LogP contribution in [0.5, 0.6) is 0 Å². The van der Waals surface area contributed by atoms with E-state index in [4.69, 9.17) is 0 Å². The predicted molar refractivity (Wildman–Crippen MR) is 78.2 cm³/mol. The summed E-state index contributed by atoms with van der Waals surface area (Å²) < 4.78 is 0. The second-order valence-electron chi connectivity index (χ2n) is 5.13. The molecule has 0 saturated carbocycles. The first-order chi connectivity index (χ1) is 8.54. The molecule has 1 heterocycles. The Morgan fingerprint density at radius 1 is 1.00 bits per heavy atom. The van der Waals surface area contributed by atoms with E-state index in [1.165, 1.54) is 0 Å². The van der Waals surface area contributed by atoms with Gasteiger partial charge in [0.25, 0.3) is 0 Å². The Morgan fingerprint density at radius 2 is 1.56 bits per heavy atom. The molecule has 0 fully saturated rings. The zero-order valence-electron chi connectivity index (χ0n) is 12.3. The van der Waals surface area contributed by atoms with E-state index >= 15 is 0 Å². The van der Waals surface area contributed by atoms with Crippen molar-refractivity contribution < 1.29 is 0 Å². The zero-order chi connectivity index (χ0) is 13.5. The average molecular weight is 250 g/mol. The highest BCUT2D eigenvalue weighted by molar-refractivity contribution is 5.57. The number of rotatable bonds is 7. The molecule has 0 radical (unpaired) electrons. The van der Waals surface area contributed by atoms with Gasteiger partial charge in [0, 0.05) is 18.7 Å². The predicted octanol–water partition coefficient (Wildman–Crippen LogP) is 3.37. The lowest BCUT2D eigenvalue weighted by atomic mass is 10.1.